The lowest BCUT2D eigenvalue weighted by atomic mass is 9.80. The van der Waals surface area contributed by atoms with Gasteiger partial charge >= 0.3 is 5.97 Å². The summed E-state index contributed by atoms with van der Waals surface area (Å²) in [5, 5.41) is 8.86. The van der Waals surface area contributed by atoms with Crippen molar-refractivity contribution < 1.29 is 23.4 Å². The number of methoxy groups -OCH3 is 1. The number of carboxylic acid groups (broad SMARTS) is 1. The summed E-state index contributed by atoms with van der Waals surface area (Å²) in [7, 11) is 1.31. The molecule has 0 unspecified atom stereocenters. The van der Waals surface area contributed by atoms with Crippen molar-refractivity contribution in [2.75, 3.05) is 7.11 Å². The topological polar surface area (TPSA) is 46.5 Å². The van der Waals surface area contributed by atoms with Gasteiger partial charge in [-0.3, -0.25) is 4.79 Å². The van der Waals surface area contributed by atoms with Gasteiger partial charge in [-0.25, -0.2) is 8.78 Å². The molecule has 1 aromatic carbocycles. The minimum Gasteiger partial charge on any atom is -0.496 e. The number of rotatable bonds is 5. The number of para-hydroxylation sites is 1. The highest BCUT2D eigenvalue weighted by Gasteiger charge is 2.30. The van der Waals surface area contributed by atoms with Gasteiger partial charge in [0.25, 0.3) is 6.43 Å². The van der Waals surface area contributed by atoms with Crippen LogP contribution in [0.4, 0.5) is 8.78 Å². The predicted octanol–water partition coefficient (Wildman–Crippen LogP) is 3.39. The number of hydrogen-bond donors (Lipinski definition) is 1. The van der Waals surface area contributed by atoms with Gasteiger partial charge in [-0.15, -0.1) is 0 Å². The van der Waals surface area contributed by atoms with Crippen molar-refractivity contribution in [3.8, 4) is 5.75 Å². The van der Waals surface area contributed by atoms with Gasteiger partial charge in [-0.1, -0.05) is 26.0 Å². The van der Waals surface area contributed by atoms with Crippen LogP contribution < -0.4 is 4.74 Å². The Labute approximate surface area is 104 Å². The first kappa shape index (κ1) is 14.4. The molecule has 0 bridgehead atoms. The van der Waals surface area contributed by atoms with Crippen molar-refractivity contribution >= 4 is 5.97 Å². The van der Waals surface area contributed by atoms with Crippen LogP contribution in [-0.4, -0.2) is 18.2 Å². The highest BCUT2D eigenvalue weighted by molar-refractivity contribution is 5.69. The van der Waals surface area contributed by atoms with Crippen LogP contribution in [0.1, 0.15) is 37.8 Å². The van der Waals surface area contributed by atoms with Gasteiger partial charge in [-0.05, 0) is 6.07 Å². The highest BCUT2D eigenvalue weighted by Crippen LogP contribution is 2.39. The van der Waals surface area contributed by atoms with Crippen LogP contribution >= 0.6 is 0 Å². The molecule has 18 heavy (non-hydrogen) atoms. The first-order chi connectivity index (χ1) is 8.29. The Bertz CT molecular complexity index is 442. The Morgan fingerprint density at radius 2 is 2.06 bits per heavy atom. The van der Waals surface area contributed by atoms with Crippen molar-refractivity contribution in [1.29, 1.82) is 0 Å². The Morgan fingerprint density at radius 3 is 2.50 bits per heavy atom. The van der Waals surface area contributed by atoms with Gasteiger partial charge < -0.3 is 9.84 Å². The molecule has 0 aromatic heterocycles. The molecule has 0 spiro atoms. The molecule has 0 saturated heterocycles. The standard InChI is InChI=1S/C13H16F2O3/c1-13(2,7-10(16)17)9-6-4-5-8(12(14)15)11(9)18-3/h4-6,12H,7H2,1-3H3,(H,16,17). The molecule has 1 rings (SSSR count). The van der Waals surface area contributed by atoms with Crippen molar-refractivity contribution in [1.82, 2.24) is 0 Å². The van der Waals surface area contributed by atoms with E-state index < -0.39 is 17.8 Å². The number of aliphatic carboxylic acids is 1. The predicted molar refractivity (Wildman–Crippen MR) is 63.2 cm³/mol. The Morgan fingerprint density at radius 1 is 1.44 bits per heavy atom. The number of benzene rings is 1. The van der Waals surface area contributed by atoms with Crippen molar-refractivity contribution in [2.45, 2.75) is 32.1 Å². The number of ether oxygens (including phenoxy) is 1. The van der Waals surface area contributed by atoms with Crippen molar-refractivity contribution in [3.63, 3.8) is 0 Å². The van der Waals surface area contributed by atoms with Gasteiger partial charge in [0.1, 0.15) is 5.75 Å². The average molecular weight is 258 g/mol. The van der Waals surface area contributed by atoms with E-state index >= 15 is 0 Å². The lowest BCUT2D eigenvalue weighted by Gasteiger charge is -2.26. The maximum atomic E-state index is 12.8. The average Bonchev–Trinajstić information content (AvgIpc) is 2.26. The zero-order chi connectivity index (χ0) is 13.9. The van der Waals surface area contributed by atoms with E-state index in [0.717, 1.165) is 0 Å². The largest absolute Gasteiger partial charge is 0.496 e. The fourth-order valence-corrected chi connectivity index (χ4v) is 1.96. The second-order valence-electron chi connectivity index (χ2n) is 4.68. The minimum atomic E-state index is -2.65. The van der Waals surface area contributed by atoms with E-state index in [1.165, 1.54) is 19.2 Å². The molecular formula is C13H16F2O3. The van der Waals surface area contributed by atoms with Gasteiger partial charge in [0.15, 0.2) is 0 Å². The van der Waals surface area contributed by atoms with Crippen molar-refractivity contribution in [3.05, 3.63) is 29.3 Å². The summed E-state index contributed by atoms with van der Waals surface area (Å²) in [5.41, 5.74) is -0.513. The maximum absolute atomic E-state index is 12.8. The lowest BCUT2D eigenvalue weighted by Crippen LogP contribution is -2.23. The van der Waals surface area contributed by atoms with E-state index in [4.69, 9.17) is 9.84 Å². The molecule has 1 aromatic rings. The molecule has 0 fully saturated rings. The summed E-state index contributed by atoms with van der Waals surface area (Å²) in [6.07, 6.45) is -2.81. The monoisotopic (exact) mass is 258 g/mol. The third kappa shape index (κ3) is 2.97. The molecule has 0 saturated carbocycles. The van der Waals surface area contributed by atoms with Crippen LogP contribution in [-0.2, 0) is 10.2 Å². The molecule has 0 aliphatic rings. The number of halogens is 2. The van der Waals surface area contributed by atoms with Crippen LogP contribution in [0.5, 0.6) is 5.75 Å². The first-order valence-electron chi connectivity index (χ1n) is 5.47. The van der Waals surface area contributed by atoms with E-state index in [1.54, 1.807) is 19.9 Å². The SMILES string of the molecule is COc1c(C(F)F)cccc1C(C)(C)CC(=O)O. The quantitative estimate of drug-likeness (QED) is 0.880. The second-order valence-corrected chi connectivity index (χ2v) is 4.68. The smallest absolute Gasteiger partial charge is 0.304 e. The molecule has 5 heteroatoms. The molecule has 0 radical (unpaired) electrons. The summed E-state index contributed by atoms with van der Waals surface area (Å²) in [6.45, 7) is 3.38. The Kier molecular flexibility index (Phi) is 4.27. The van der Waals surface area contributed by atoms with Gasteiger partial charge in [-0.2, -0.15) is 0 Å². The fourth-order valence-electron chi connectivity index (χ4n) is 1.96. The van der Waals surface area contributed by atoms with Crippen LogP contribution in [0.15, 0.2) is 18.2 Å². The second kappa shape index (κ2) is 5.33. The zero-order valence-corrected chi connectivity index (χ0v) is 10.5. The number of carbonyl (C=O) groups is 1. The zero-order valence-electron chi connectivity index (χ0n) is 10.5. The van der Waals surface area contributed by atoms with Gasteiger partial charge in [0.2, 0.25) is 0 Å². The normalized spacial score (nSPS) is 11.7. The number of hydrogen-bond acceptors (Lipinski definition) is 2. The van der Waals surface area contributed by atoms with Gasteiger partial charge in [0, 0.05) is 11.0 Å². The summed E-state index contributed by atoms with van der Waals surface area (Å²) < 4.78 is 30.7. The summed E-state index contributed by atoms with van der Waals surface area (Å²) in [6, 6.07) is 4.39. The molecular weight excluding hydrogens is 242 g/mol. The third-order valence-electron chi connectivity index (χ3n) is 2.81. The third-order valence-corrected chi connectivity index (χ3v) is 2.81. The summed E-state index contributed by atoms with van der Waals surface area (Å²) in [5.74, 6) is -0.914. The molecule has 0 amide bonds. The highest BCUT2D eigenvalue weighted by atomic mass is 19.3. The van der Waals surface area contributed by atoms with Crippen LogP contribution in [0.25, 0.3) is 0 Å². The Balaban J connectivity index is 3.31. The molecule has 3 nitrogen and oxygen atoms in total. The van der Waals surface area contributed by atoms with E-state index in [-0.39, 0.29) is 17.7 Å². The molecule has 0 atom stereocenters. The van der Waals surface area contributed by atoms with E-state index in [2.05, 4.69) is 0 Å². The van der Waals surface area contributed by atoms with Gasteiger partial charge in [0.05, 0.1) is 19.1 Å². The number of alkyl halides is 2. The van der Waals surface area contributed by atoms with E-state index in [9.17, 15) is 13.6 Å². The number of carboxylic acids is 1. The van der Waals surface area contributed by atoms with Crippen LogP contribution in [0, 0.1) is 0 Å². The Hall–Kier alpha value is -1.65. The molecule has 0 aliphatic carbocycles. The summed E-state index contributed by atoms with van der Waals surface area (Å²) >= 11 is 0. The first-order valence-corrected chi connectivity index (χ1v) is 5.47. The van der Waals surface area contributed by atoms with Crippen LogP contribution in [0.2, 0.25) is 0 Å². The molecule has 0 aliphatic heterocycles. The maximum Gasteiger partial charge on any atom is 0.304 e. The fraction of sp³-hybridized carbons (Fsp3) is 0.462. The van der Waals surface area contributed by atoms with Crippen molar-refractivity contribution in [2.24, 2.45) is 0 Å². The molecule has 100 valence electrons. The lowest BCUT2D eigenvalue weighted by molar-refractivity contribution is -0.138. The molecule has 0 heterocycles. The van der Waals surface area contributed by atoms with Crippen LogP contribution in [0.3, 0.4) is 0 Å². The van der Waals surface area contributed by atoms with E-state index in [0.29, 0.717) is 5.56 Å². The minimum absolute atomic E-state index is 0.0683. The summed E-state index contributed by atoms with van der Waals surface area (Å²) in [4.78, 5) is 10.8. The van der Waals surface area contributed by atoms with E-state index in [1.807, 2.05) is 0 Å². The molecule has 1 N–H and O–H groups in total.